The lowest BCUT2D eigenvalue weighted by Gasteiger charge is -2.29. The molecule has 4 heteroatoms. The quantitative estimate of drug-likeness (QED) is 0.913. The number of hydrogen-bond donors (Lipinski definition) is 1. The molecule has 0 spiro atoms. The lowest BCUT2D eigenvalue weighted by Crippen LogP contribution is -2.21. The van der Waals surface area contributed by atoms with Gasteiger partial charge in [-0.05, 0) is 47.7 Å². The smallest absolute Gasteiger partial charge is 0.352 e. The maximum atomic E-state index is 11.2. The highest BCUT2D eigenvalue weighted by Gasteiger charge is 2.24. The predicted molar refractivity (Wildman–Crippen MR) is 70.4 cm³/mol. The third-order valence-electron chi connectivity index (χ3n) is 3.81. The van der Waals surface area contributed by atoms with Crippen molar-refractivity contribution in [1.82, 2.24) is 4.57 Å². The molecule has 1 heterocycles. The van der Waals surface area contributed by atoms with Gasteiger partial charge in [0.1, 0.15) is 5.69 Å². The van der Waals surface area contributed by atoms with Crippen molar-refractivity contribution in [1.29, 1.82) is 0 Å². The van der Waals surface area contributed by atoms with Gasteiger partial charge < -0.3 is 9.67 Å². The lowest BCUT2D eigenvalue weighted by molar-refractivity contribution is 0.0679. The molecule has 0 saturated heterocycles. The van der Waals surface area contributed by atoms with Gasteiger partial charge in [0, 0.05) is 16.7 Å². The van der Waals surface area contributed by atoms with Gasteiger partial charge in [0.2, 0.25) is 0 Å². The van der Waals surface area contributed by atoms with Crippen LogP contribution in [-0.2, 0) is 0 Å². The minimum absolute atomic E-state index is 0.271. The minimum Gasteiger partial charge on any atom is -0.477 e. The number of hydrogen-bond acceptors (Lipinski definition) is 1. The van der Waals surface area contributed by atoms with E-state index in [0.717, 1.165) is 4.47 Å². The third-order valence-corrected chi connectivity index (χ3v) is 4.24. The summed E-state index contributed by atoms with van der Waals surface area (Å²) < 4.78 is 2.75. The highest BCUT2D eigenvalue weighted by atomic mass is 79.9. The first-order valence-electron chi connectivity index (χ1n) is 6.20. The molecular weight excluding hydrogens is 282 g/mol. The molecule has 1 atom stereocenters. The van der Waals surface area contributed by atoms with E-state index < -0.39 is 5.97 Å². The Balaban J connectivity index is 2.22. The average Bonchev–Trinajstić information content (AvgIpc) is 2.72. The number of aromatic nitrogens is 1. The van der Waals surface area contributed by atoms with Crippen LogP contribution in [0.15, 0.2) is 16.7 Å². The molecule has 1 unspecified atom stereocenters. The second-order valence-corrected chi connectivity index (χ2v) is 5.81. The van der Waals surface area contributed by atoms with Gasteiger partial charge in [-0.3, -0.25) is 0 Å². The zero-order valence-corrected chi connectivity index (χ0v) is 11.6. The SMILES string of the molecule is CC(C1CCCCC1)n1cc(Br)cc1C(=O)O. The van der Waals surface area contributed by atoms with E-state index in [9.17, 15) is 9.90 Å². The molecule has 1 N–H and O–H groups in total. The van der Waals surface area contributed by atoms with E-state index in [-0.39, 0.29) is 6.04 Å². The van der Waals surface area contributed by atoms with Crippen molar-refractivity contribution in [3.8, 4) is 0 Å². The highest BCUT2D eigenvalue weighted by Crippen LogP contribution is 2.34. The summed E-state index contributed by atoms with van der Waals surface area (Å²) in [6, 6.07) is 1.95. The van der Waals surface area contributed by atoms with Crippen LogP contribution < -0.4 is 0 Å². The van der Waals surface area contributed by atoms with Gasteiger partial charge in [0.25, 0.3) is 0 Å². The molecule has 0 radical (unpaired) electrons. The van der Waals surface area contributed by atoms with Crippen molar-refractivity contribution in [3.05, 3.63) is 22.4 Å². The fourth-order valence-corrected chi connectivity index (χ4v) is 3.24. The molecule has 94 valence electrons. The minimum atomic E-state index is -0.849. The second-order valence-electron chi connectivity index (χ2n) is 4.89. The van der Waals surface area contributed by atoms with Crippen LogP contribution in [0, 0.1) is 5.92 Å². The first kappa shape index (κ1) is 12.7. The number of carbonyl (C=O) groups is 1. The van der Waals surface area contributed by atoms with Gasteiger partial charge in [0.15, 0.2) is 0 Å². The summed E-state index contributed by atoms with van der Waals surface area (Å²) >= 11 is 3.36. The van der Waals surface area contributed by atoms with Gasteiger partial charge in [-0.2, -0.15) is 0 Å². The summed E-state index contributed by atoms with van der Waals surface area (Å²) in [5, 5.41) is 9.18. The Labute approximate surface area is 110 Å². The fourth-order valence-electron chi connectivity index (χ4n) is 2.80. The van der Waals surface area contributed by atoms with E-state index >= 15 is 0 Å². The van der Waals surface area contributed by atoms with E-state index in [1.165, 1.54) is 32.1 Å². The monoisotopic (exact) mass is 299 g/mol. The Bertz CT molecular complexity index is 408. The maximum Gasteiger partial charge on any atom is 0.352 e. The van der Waals surface area contributed by atoms with Crippen molar-refractivity contribution >= 4 is 21.9 Å². The van der Waals surface area contributed by atoms with Crippen LogP contribution in [0.1, 0.15) is 55.6 Å². The van der Waals surface area contributed by atoms with Crippen LogP contribution in [0.25, 0.3) is 0 Å². The van der Waals surface area contributed by atoms with Crippen molar-refractivity contribution < 1.29 is 9.90 Å². The van der Waals surface area contributed by atoms with Gasteiger partial charge in [-0.1, -0.05) is 19.3 Å². The van der Waals surface area contributed by atoms with E-state index in [1.54, 1.807) is 6.07 Å². The molecule has 0 bridgehead atoms. The summed E-state index contributed by atoms with van der Waals surface area (Å²) in [6.07, 6.45) is 8.21. The van der Waals surface area contributed by atoms with Crippen LogP contribution in [0.5, 0.6) is 0 Å². The molecule has 2 rings (SSSR count). The normalized spacial score (nSPS) is 19.2. The molecular formula is C13H18BrNO2. The molecule has 0 aromatic carbocycles. The van der Waals surface area contributed by atoms with E-state index in [1.807, 2.05) is 10.8 Å². The second kappa shape index (κ2) is 5.25. The summed E-state index contributed by atoms with van der Waals surface area (Å²) in [5.41, 5.74) is 0.384. The van der Waals surface area contributed by atoms with Gasteiger partial charge in [-0.25, -0.2) is 4.79 Å². The van der Waals surface area contributed by atoms with Crippen LogP contribution in [0.4, 0.5) is 0 Å². The number of aromatic carboxylic acids is 1. The van der Waals surface area contributed by atoms with Crippen LogP contribution >= 0.6 is 15.9 Å². The zero-order chi connectivity index (χ0) is 12.4. The molecule has 0 amide bonds. The van der Waals surface area contributed by atoms with Crippen LogP contribution in [0.3, 0.4) is 0 Å². The first-order valence-corrected chi connectivity index (χ1v) is 6.99. The Morgan fingerprint density at radius 1 is 1.47 bits per heavy atom. The Morgan fingerprint density at radius 2 is 2.12 bits per heavy atom. The summed E-state index contributed by atoms with van der Waals surface area (Å²) in [7, 11) is 0. The van der Waals surface area contributed by atoms with Crippen molar-refractivity contribution in [2.45, 2.75) is 45.1 Å². The fraction of sp³-hybridized carbons (Fsp3) is 0.615. The standard InChI is InChI=1S/C13H18BrNO2/c1-9(10-5-3-2-4-6-10)15-8-11(14)7-12(15)13(16)17/h7-10H,2-6H2,1H3,(H,16,17). The topological polar surface area (TPSA) is 42.2 Å². The Kier molecular flexibility index (Phi) is 3.92. The molecule has 17 heavy (non-hydrogen) atoms. The number of nitrogens with zero attached hydrogens (tertiary/aromatic N) is 1. The van der Waals surface area contributed by atoms with Gasteiger partial charge in [0.05, 0.1) is 0 Å². The van der Waals surface area contributed by atoms with Crippen molar-refractivity contribution in [3.63, 3.8) is 0 Å². The molecule has 0 aliphatic heterocycles. The number of halogens is 1. The van der Waals surface area contributed by atoms with Crippen molar-refractivity contribution in [2.75, 3.05) is 0 Å². The van der Waals surface area contributed by atoms with E-state index in [4.69, 9.17) is 0 Å². The maximum absolute atomic E-state index is 11.2. The third kappa shape index (κ3) is 2.73. The van der Waals surface area contributed by atoms with E-state index in [2.05, 4.69) is 22.9 Å². The summed E-state index contributed by atoms with van der Waals surface area (Å²) in [4.78, 5) is 11.2. The molecule has 1 saturated carbocycles. The predicted octanol–water partition coefficient (Wildman–Crippen LogP) is 4.09. The molecule has 3 nitrogen and oxygen atoms in total. The van der Waals surface area contributed by atoms with Crippen LogP contribution in [-0.4, -0.2) is 15.6 Å². The molecule has 1 fully saturated rings. The summed E-state index contributed by atoms with van der Waals surface area (Å²) in [6.45, 7) is 2.13. The number of carboxylic acids is 1. The van der Waals surface area contributed by atoms with E-state index in [0.29, 0.717) is 11.6 Å². The Hall–Kier alpha value is -0.770. The average molecular weight is 300 g/mol. The highest BCUT2D eigenvalue weighted by molar-refractivity contribution is 9.10. The molecule has 1 aliphatic carbocycles. The lowest BCUT2D eigenvalue weighted by atomic mass is 9.84. The molecule has 1 aliphatic rings. The number of carboxylic acid groups (broad SMARTS) is 1. The Morgan fingerprint density at radius 3 is 2.71 bits per heavy atom. The first-order chi connectivity index (χ1) is 8.09. The zero-order valence-electron chi connectivity index (χ0n) is 10.0. The largest absolute Gasteiger partial charge is 0.477 e. The van der Waals surface area contributed by atoms with Gasteiger partial charge in [-0.15, -0.1) is 0 Å². The van der Waals surface area contributed by atoms with Crippen molar-refractivity contribution in [2.24, 2.45) is 5.92 Å². The van der Waals surface area contributed by atoms with Crippen LogP contribution in [0.2, 0.25) is 0 Å². The summed E-state index contributed by atoms with van der Waals surface area (Å²) in [5.74, 6) is -0.237. The molecule has 1 aromatic heterocycles. The number of rotatable bonds is 3. The van der Waals surface area contributed by atoms with Gasteiger partial charge >= 0.3 is 5.97 Å². The molecule has 1 aromatic rings.